The van der Waals surface area contributed by atoms with Gasteiger partial charge in [-0.3, -0.25) is 0 Å². The first-order chi connectivity index (χ1) is 36.3. The van der Waals surface area contributed by atoms with Crippen molar-refractivity contribution < 1.29 is 36.5 Å². The lowest BCUT2D eigenvalue weighted by Gasteiger charge is -2.32. The molecule has 11 rings (SSSR count). The minimum Gasteiger partial charge on any atom is -0.309 e. The summed E-state index contributed by atoms with van der Waals surface area (Å²) in [6.07, 6.45) is 0. The smallest absolute Gasteiger partial charge is 0.171 e. The van der Waals surface area contributed by atoms with Crippen molar-refractivity contribution in [3.63, 3.8) is 0 Å². The van der Waals surface area contributed by atoms with Gasteiger partial charge in [0.2, 0.25) is 0 Å². The fourth-order valence-electron chi connectivity index (χ4n) is 8.66. The van der Waals surface area contributed by atoms with Crippen LogP contribution in [0.3, 0.4) is 0 Å². The Bertz CT molecular complexity index is 3860. The van der Waals surface area contributed by atoms with E-state index in [1.807, 2.05) is 54.6 Å². The summed E-state index contributed by atoms with van der Waals surface area (Å²) in [5, 5.41) is -2.35. The predicted molar refractivity (Wildman–Crippen MR) is 239 cm³/mol. The zero-order valence-corrected chi connectivity index (χ0v) is 31.2. The second-order valence-corrected chi connectivity index (χ2v) is 18.8. The van der Waals surface area contributed by atoms with Crippen LogP contribution in [0, 0.1) is 0 Å². The molecule has 0 aliphatic heterocycles. The minimum atomic E-state index is -5.26. The molecule has 2 aliphatic rings. The Hall–Kier alpha value is -6.30. The number of hydrogen-bond acceptors (Lipinski definition) is 2. The van der Waals surface area contributed by atoms with E-state index in [1.54, 1.807) is 6.07 Å². The van der Waals surface area contributed by atoms with Crippen molar-refractivity contribution in [2.45, 2.75) is 5.41 Å². The molecule has 0 saturated heterocycles. The molecule has 0 radical (unpaired) electrons. The predicted octanol–water partition coefficient (Wildman–Crippen LogP) is 10.5. The van der Waals surface area contributed by atoms with E-state index in [-0.39, 0.29) is 10.6 Å². The van der Waals surface area contributed by atoms with Gasteiger partial charge in [0.1, 0.15) is 0 Å². The largest absolute Gasteiger partial charge is 0.309 e. The van der Waals surface area contributed by atoms with Gasteiger partial charge in [-0.2, -0.15) is 0 Å². The molecular weight excluding hydrogens is 731 g/mol. The maximum absolute atomic E-state index is 16.9. The summed E-state index contributed by atoms with van der Waals surface area (Å²) in [6.45, 7) is 0. The Kier molecular flexibility index (Phi) is 4.34. The Balaban J connectivity index is 1.33. The van der Waals surface area contributed by atoms with Gasteiger partial charge in [-0.1, -0.05) is 206 Å². The maximum Gasteiger partial charge on any atom is 0.171 e. The molecule has 270 valence electrons. The van der Waals surface area contributed by atoms with Gasteiger partial charge in [0.05, 0.1) is 32.8 Å². The number of rotatable bonds is 6. The van der Waals surface area contributed by atoms with Gasteiger partial charge in [-0.25, -0.2) is 0 Å². The second kappa shape index (κ2) is 12.9. The molecule has 0 bridgehead atoms. The minimum absolute atomic E-state index is 0.295. The monoisotopic (exact) mass is 786 g/mol. The highest BCUT2D eigenvalue weighted by molar-refractivity contribution is 7.85. The summed E-state index contributed by atoms with van der Waals surface area (Å²) in [4.78, 5) is 0. The molecule has 0 aromatic heterocycles. The van der Waals surface area contributed by atoms with E-state index < -0.39 is 162 Å². The van der Waals surface area contributed by atoms with E-state index in [0.29, 0.717) is 44.5 Å². The topological polar surface area (TPSA) is 34.1 Å². The SMILES string of the molecule is [2H]c1c([2H])c([2H])c(P(=O)(c2ccc3c(c2)C2(c4cc(P(=O)(c5c([2H])c([2H])c([2H])c([2H])c5[2H])c5c([2H])c([2H])c([2H])c([2H])c5[2H])ccc4-3)c3ccccc3-c3c2ccc2ccccc32)c2c([2H])c([2H])c([2H])c([2H])c2[2H])c([2H])c1[2H]. The molecule has 0 amide bonds. The molecule has 0 fully saturated rings. The zero-order valence-electron chi connectivity index (χ0n) is 49.4. The summed E-state index contributed by atoms with van der Waals surface area (Å²) in [5.74, 6) is 0. The molecule has 0 atom stereocenters. The van der Waals surface area contributed by atoms with Crippen LogP contribution < -0.4 is 31.8 Å². The molecule has 9 aromatic carbocycles. The molecule has 2 nitrogen and oxygen atoms in total. The fraction of sp³-hybridized carbons (Fsp3) is 0.0189. The number of fused-ring (bicyclic) bond motifs is 12. The molecule has 0 heterocycles. The summed E-state index contributed by atoms with van der Waals surface area (Å²) < 4.78 is 211. The standard InChI is InChI=1S/C53H36O2P2/c54-56(38-18-5-1-6-19-38,39-20-7-2-8-21-39)42-30-32-45-46-33-31-43(57(55,40-22-9-3-10-23-40)41-24-11-4-12-25-41)36-51(46)53(50(45)35-42)48-28-16-15-27-47(48)52-44-26-14-13-17-37(44)29-34-49(52)53/h1-36H/i1D,2D,3D,4D,5D,6D,7D,8D,9D,10D,11D,12D,18D,19D,20D,21D,22D,23D,24D,25D. The highest BCUT2D eigenvalue weighted by Gasteiger charge is 2.53. The van der Waals surface area contributed by atoms with E-state index in [4.69, 9.17) is 16.4 Å². The van der Waals surface area contributed by atoms with E-state index in [0.717, 1.165) is 10.8 Å². The number of benzene rings is 9. The average molecular weight is 787 g/mol. The van der Waals surface area contributed by atoms with Crippen molar-refractivity contribution in [1.29, 1.82) is 0 Å². The maximum atomic E-state index is 16.9. The third-order valence-corrected chi connectivity index (χ3v) is 16.4. The third kappa shape index (κ3) is 4.73. The van der Waals surface area contributed by atoms with Crippen LogP contribution in [-0.4, -0.2) is 0 Å². The Morgan fingerprint density at radius 1 is 0.368 bits per heavy atom. The Labute approximate surface area is 361 Å². The molecule has 0 saturated carbocycles. The molecule has 4 heteroatoms. The Morgan fingerprint density at radius 2 is 0.807 bits per heavy atom. The van der Waals surface area contributed by atoms with Crippen molar-refractivity contribution in [2.24, 2.45) is 0 Å². The summed E-state index contributed by atoms with van der Waals surface area (Å²) in [6, 6.07) is 8.88. The van der Waals surface area contributed by atoms with Gasteiger partial charge in [-0.05, 0) is 67.4 Å². The second-order valence-electron chi connectivity index (χ2n) is 13.6. The summed E-state index contributed by atoms with van der Waals surface area (Å²) >= 11 is 0. The molecule has 2 aliphatic carbocycles. The highest BCUT2D eigenvalue weighted by Crippen LogP contribution is 2.64. The van der Waals surface area contributed by atoms with Crippen molar-refractivity contribution in [3.05, 3.63) is 240 Å². The lowest BCUT2D eigenvalue weighted by molar-refractivity contribution is 0.591. The molecule has 0 N–H and O–H groups in total. The van der Waals surface area contributed by atoms with Crippen molar-refractivity contribution in [3.8, 4) is 22.3 Å². The number of hydrogen-bond donors (Lipinski definition) is 0. The van der Waals surface area contributed by atoms with Crippen LogP contribution in [0.5, 0.6) is 0 Å². The van der Waals surface area contributed by atoms with Crippen LogP contribution in [0.4, 0.5) is 0 Å². The fourth-order valence-corrected chi connectivity index (χ4v) is 13.0. The lowest BCUT2D eigenvalue weighted by Crippen LogP contribution is -2.31. The first-order valence-corrected chi connectivity index (χ1v) is 21.2. The molecular formula is C53H36O2P2. The van der Waals surface area contributed by atoms with Crippen molar-refractivity contribution in [1.82, 2.24) is 0 Å². The van der Waals surface area contributed by atoms with Gasteiger partial charge in [-0.15, -0.1) is 0 Å². The van der Waals surface area contributed by atoms with Crippen LogP contribution in [0.1, 0.15) is 49.7 Å². The van der Waals surface area contributed by atoms with Gasteiger partial charge in [0.25, 0.3) is 0 Å². The zero-order chi connectivity index (χ0) is 55.6. The van der Waals surface area contributed by atoms with Gasteiger partial charge < -0.3 is 9.13 Å². The normalized spacial score (nSPS) is 18.5. The summed E-state index contributed by atoms with van der Waals surface area (Å²) in [5.41, 5.74) is 2.24. The third-order valence-electron chi connectivity index (χ3n) is 11.0. The molecule has 0 unspecified atom stereocenters. The quantitative estimate of drug-likeness (QED) is 0.157. The highest BCUT2D eigenvalue weighted by atomic mass is 31.2. The average Bonchev–Trinajstić information content (AvgIpc) is 4.03. The van der Waals surface area contributed by atoms with Crippen molar-refractivity contribution in [2.75, 3.05) is 0 Å². The van der Waals surface area contributed by atoms with E-state index >= 15 is 9.13 Å². The van der Waals surface area contributed by atoms with E-state index in [9.17, 15) is 11.0 Å². The Morgan fingerprint density at radius 3 is 1.30 bits per heavy atom. The van der Waals surface area contributed by atoms with Crippen molar-refractivity contribution >= 4 is 56.9 Å². The molecule has 1 spiro atoms. The van der Waals surface area contributed by atoms with E-state index in [1.165, 1.54) is 36.4 Å². The van der Waals surface area contributed by atoms with Gasteiger partial charge in [0.15, 0.2) is 14.3 Å². The first-order valence-electron chi connectivity index (χ1n) is 27.7. The summed E-state index contributed by atoms with van der Waals surface area (Å²) in [7, 11) is -10.5. The first kappa shape index (κ1) is 19.2. The molecule has 9 aromatic rings. The van der Waals surface area contributed by atoms with Crippen LogP contribution in [-0.2, 0) is 14.5 Å². The van der Waals surface area contributed by atoms with Crippen LogP contribution in [0.25, 0.3) is 33.0 Å². The van der Waals surface area contributed by atoms with Gasteiger partial charge >= 0.3 is 0 Å². The van der Waals surface area contributed by atoms with Gasteiger partial charge in [0, 0.05) is 31.8 Å². The molecule has 57 heavy (non-hydrogen) atoms. The van der Waals surface area contributed by atoms with Crippen LogP contribution in [0.15, 0.2) is 218 Å². The van der Waals surface area contributed by atoms with E-state index in [2.05, 4.69) is 0 Å². The van der Waals surface area contributed by atoms with Crippen LogP contribution in [0.2, 0.25) is 0 Å². The van der Waals surface area contributed by atoms with Crippen LogP contribution >= 0.6 is 14.3 Å². The lowest BCUT2D eigenvalue weighted by atomic mass is 9.70.